The average Bonchev–Trinajstić information content (AvgIpc) is 2.11. The van der Waals surface area contributed by atoms with Gasteiger partial charge in [-0.3, -0.25) is 0 Å². The molecule has 10 heteroatoms. The number of rotatable bonds is 1. The molecule has 0 amide bonds. The standard InChI is InChI=1S/C4H10Cl6Si4/c1-11(5)3-4-12(2,6)14(11,10)13(7,8)9/h3-4H2,1-2H3. The van der Waals surface area contributed by atoms with E-state index in [1.54, 1.807) is 0 Å². The summed E-state index contributed by atoms with van der Waals surface area (Å²) in [5.41, 5.74) is -2.94. The van der Waals surface area contributed by atoms with E-state index in [0.717, 1.165) is 12.1 Å². The van der Waals surface area contributed by atoms with E-state index in [1.165, 1.54) is 0 Å². The van der Waals surface area contributed by atoms with Gasteiger partial charge in [-0.15, -0.1) is 33.2 Å². The van der Waals surface area contributed by atoms with E-state index >= 15 is 0 Å². The molecule has 14 heavy (non-hydrogen) atoms. The van der Waals surface area contributed by atoms with Crippen LogP contribution in [-0.2, 0) is 0 Å². The van der Waals surface area contributed by atoms with Gasteiger partial charge in [-0.05, 0) is 12.1 Å². The Labute approximate surface area is 116 Å². The maximum absolute atomic E-state index is 6.69. The van der Waals surface area contributed by atoms with Gasteiger partial charge in [-0.2, -0.15) is 33.2 Å². The Morgan fingerprint density at radius 3 is 1.29 bits per heavy atom. The Morgan fingerprint density at radius 2 is 1.14 bits per heavy atom. The Hall–Kier alpha value is 2.61. The molecule has 1 rings (SSSR count). The second-order valence-electron chi connectivity index (χ2n) is 4.05. The highest BCUT2D eigenvalue weighted by Gasteiger charge is 2.77. The normalized spacial score (nSPS) is 49.7. The van der Waals surface area contributed by atoms with Gasteiger partial charge in [0.2, 0.25) is 5.94 Å². The summed E-state index contributed by atoms with van der Waals surface area (Å²) in [6.45, 7) is -0.150. The summed E-state index contributed by atoms with van der Waals surface area (Å²) in [6, 6.07) is 1.83. The lowest BCUT2D eigenvalue weighted by Gasteiger charge is -2.39. The van der Waals surface area contributed by atoms with Gasteiger partial charge < -0.3 is 0 Å². The zero-order valence-electron chi connectivity index (χ0n) is 7.68. The van der Waals surface area contributed by atoms with Gasteiger partial charge in [0, 0.05) is 0 Å². The average molecular weight is 383 g/mol. The van der Waals surface area contributed by atoms with Crippen molar-refractivity contribution in [3.63, 3.8) is 0 Å². The minimum Gasteiger partial charge on any atom is -0.170 e. The molecule has 2 unspecified atom stereocenters. The van der Waals surface area contributed by atoms with Crippen molar-refractivity contribution < 1.29 is 0 Å². The second kappa shape index (κ2) is 4.07. The summed E-state index contributed by atoms with van der Waals surface area (Å²) in [7, 11) is 0. The fourth-order valence-corrected chi connectivity index (χ4v) is 110. The monoisotopic (exact) mass is 380 g/mol. The van der Waals surface area contributed by atoms with Crippen molar-refractivity contribution in [2.45, 2.75) is 25.2 Å². The van der Waals surface area contributed by atoms with E-state index in [4.69, 9.17) is 66.5 Å². The summed E-state index contributed by atoms with van der Waals surface area (Å²) in [6.07, 6.45) is 0. The topological polar surface area (TPSA) is 0 Å². The Kier molecular flexibility index (Phi) is 4.26. The maximum Gasteiger partial charge on any atom is 0.339 e. The van der Waals surface area contributed by atoms with Crippen molar-refractivity contribution in [2.24, 2.45) is 0 Å². The van der Waals surface area contributed by atoms with Gasteiger partial charge in [-0.1, -0.05) is 13.1 Å². The van der Waals surface area contributed by atoms with Crippen LogP contribution in [0.1, 0.15) is 0 Å². The van der Waals surface area contributed by atoms with E-state index in [2.05, 4.69) is 0 Å². The van der Waals surface area contributed by atoms with Crippen molar-refractivity contribution >= 4 is 91.7 Å². The predicted octanol–water partition coefficient (Wildman–Crippen LogP) is 4.70. The fourth-order valence-electron chi connectivity index (χ4n) is 1.95. The molecular formula is C4H10Cl6Si4. The van der Waals surface area contributed by atoms with E-state index in [-0.39, 0.29) is 0 Å². The molecule has 0 bridgehead atoms. The van der Waals surface area contributed by atoms with Crippen molar-refractivity contribution in [1.82, 2.24) is 0 Å². The molecule has 0 aromatic heterocycles. The molecule has 1 fully saturated rings. The molecular weight excluding hydrogens is 373 g/mol. The summed E-state index contributed by atoms with van der Waals surface area (Å²) >= 11 is 38.2. The molecule has 1 heterocycles. The van der Waals surface area contributed by atoms with Crippen LogP contribution >= 0.6 is 66.5 Å². The summed E-state index contributed by atoms with van der Waals surface area (Å²) in [5.74, 6) is -2.53. The van der Waals surface area contributed by atoms with Crippen molar-refractivity contribution in [3.8, 4) is 0 Å². The molecule has 1 aliphatic rings. The lowest BCUT2D eigenvalue weighted by atomic mass is 10.9. The molecule has 84 valence electrons. The van der Waals surface area contributed by atoms with E-state index in [9.17, 15) is 0 Å². The summed E-state index contributed by atoms with van der Waals surface area (Å²) in [4.78, 5) is 0. The number of halogens is 6. The minimum atomic E-state index is -2.94. The van der Waals surface area contributed by atoms with Gasteiger partial charge in [0.1, 0.15) is 0 Å². The van der Waals surface area contributed by atoms with Gasteiger partial charge in [0.25, 0.3) is 0 Å². The highest BCUT2D eigenvalue weighted by atomic mass is 35.9. The van der Waals surface area contributed by atoms with Gasteiger partial charge in [0.05, 0.1) is 0 Å². The molecule has 1 aliphatic heterocycles. The molecule has 0 aromatic carbocycles. The summed E-state index contributed by atoms with van der Waals surface area (Å²) in [5, 5.41) is 0. The third-order valence-electron chi connectivity index (χ3n) is 2.89. The first-order valence-electron chi connectivity index (χ1n) is 4.09. The first kappa shape index (κ1) is 14.7. The number of hydrogen-bond acceptors (Lipinski definition) is 0. The molecule has 2 atom stereocenters. The Bertz CT molecular complexity index is 231. The zero-order chi connectivity index (χ0) is 11.4. The zero-order valence-corrected chi connectivity index (χ0v) is 16.2. The second-order valence-corrected chi connectivity index (χ2v) is 53.4. The Morgan fingerprint density at radius 1 is 0.857 bits per heavy atom. The van der Waals surface area contributed by atoms with Crippen molar-refractivity contribution in [2.75, 3.05) is 0 Å². The van der Waals surface area contributed by atoms with Crippen molar-refractivity contribution in [1.29, 1.82) is 0 Å². The van der Waals surface area contributed by atoms with Crippen LogP contribution in [0.15, 0.2) is 0 Å². The van der Waals surface area contributed by atoms with E-state index in [1.807, 2.05) is 13.1 Å². The smallest absolute Gasteiger partial charge is 0.170 e. The van der Waals surface area contributed by atoms with Crippen LogP contribution in [0, 0.1) is 0 Å². The van der Waals surface area contributed by atoms with Crippen molar-refractivity contribution in [3.05, 3.63) is 0 Å². The first-order valence-corrected chi connectivity index (χ1v) is 22.6. The van der Waals surface area contributed by atoms with Crippen LogP contribution in [-0.4, -0.2) is 25.3 Å². The van der Waals surface area contributed by atoms with Gasteiger partial charge >= 0.3 is 5.52 Å². The van der Waals surface area contributed by atoms with E-state index in [0.29, 0.717) is 0 Å². The fraction of sp³-hybridized carbons (Fsp3) is 1.00. The third kappa shape index (κ3) is 2.02. The van der Waals surface area contributed by atoms with Crippen LogP contribution in [0.3, 0.4) is 0 Å². The Balaban J connectivity index is 3.27. The third-order valence-corrected chi connectivity index (χ3v) is 91.1. The number of hydrogen-bond donors (Lipinski definition) is 0. The molecule has 0 spiro atoms. The van der Waals surface area contributed by atoms with E-state index < -0.39 is 25.3 Å². The largest absolute Gasteiger partial charge is 0.339 e. The SMILES string of the molecule is C[Si]1(Cl)CC[Si](C)(Cl)[Si]1(Cl)[Si](Cl)(Cl)Cl. The molecule has 0 aromatic rings. The highest BCUT2D eigenvalue weighted by molar-refractivity contribution is 8.23. The molecule has 0 aliphatic carbocycles. The van der Waals surface area contributed by atoms with Crippen LogP contribution in [0.25, 0.3) is 0 Å². The van der Waals surface area contributed by atoms with Gasteiger partial charge in [0.15, 0.2) is 13.8 Å². The van der Waals surface area contributed by atoms with Crippen LogP contribution in [0.2, 0.25) is 25.2 Å². The molecule has 0 nitrogen and oxygen atoms in total. The minimum absolute atomic E-state index is 0.914. The maximum atomic E-state index is 6.69. The van der Waals surface area contributed by atoms with Crippen LogP contribution in [0.5, 0.6) is 0 Å². The van der Waals surface area contributed by atoms with Crippen LogP contribution in [0.4, 0.5) is 0 Å². The molecule has 1 saturated heterocycles. The summed E-state index contributed by atoms with van der Waals surface area (Å²) < 4.78 is 0. The highest BCUT2D eigenvalue weighted by Crippen LogP contribution is 2.56. The predicted molar refractivity (Wildman–Crippen MR) is 79.5 cm³/mol. The quantitative estimate of drug-likeness (QED) is 0.455. The van der Waals surface area contributed by atoms with Gasteiger partial charge in [-0.25, -0.2) is 0 Å². The lowest BCUT2D eigenvalue weighted by Crippen LogP contribution is -2.72. The molecule has 0 saturated carbocycles. The lowest BCUT2D eigenvalue weighted by molar-refractivity contribution is 1.40. The first-order chi connectivity index (χ1) is 5.96. The molecule has 0 N–H and O–H groups in total. The van der Waals surface area contributed by atoms with Crippen LogP contribution < -0.4 is 0 Å². The molecule has 0 radical (unpaired) electrons.